The predicted molar refractivity (Wildman–Crippen MR) is 115 cm³/mol. The number of hydrogen-bond donors (Lipinski definition) is 5. The minimum Gasteiger partial charge on any atom is -0.387 e. The molecule has 3 rings (SSSR count). The molecule has 1 saturated heterocycles. The van der Waals surface area contributed by atoms with Gasteiger partial charge in [0.2, 0.25) is 11.8 Å². The van der Waals surface area contributed by atoms with E-state index in [1.165, 1.54) is 4.90 Å². The Hall–Kier alpha value is -3.76. The number of rotatable bonds is 7. The number of hydrogen-bond acceptors (Lipinski definition) is 6. The van der Waals surface area contributed by atoms with E-state index < -0.39 is 18.6 Å². The summed E-state index contributed by atoms with van der Waals surface area (Å²) in [5.41, 5.74) is 7.58. The van der Waals surface area contributed by atoms with Gasteiger partial charge < -0.3 is 31.1 Å². The number of amidine groups is 1. The summed E-state index contributed by atoms with van der Waals surface area (Å²) in [4.78, 5) is 38.0. The number of nitrogens with zero attached hydrogens (tertiary/aromatic N) is 1. The number of nitrogens with two attached hydrogens (primary N) is 1. The Bertz CT molecular complexity index is 975. The van der Waals surface area contributed by atoms with Crippen molar-refractivity contribution in [1.29, 1.82) is 5.41 Å². The van der Waals surface area contributed by atoms with E-state index in [1.54, 1.807) is 48.5 Å². The van der Waals surface area contributed by atoms with E-state index in [9.17, 15) is 14.4 Å². The van der Waals surface area contributed by atoms with Crippen molar-refractivity contribution < 1.29 is 24.2 Å². The van der Waals surface area contributed by atoms with E-state index in [0.717, 1.165) is 0 Å². The molecule has 2 aromatic rings. The lowest BCUT2D eigenvalue weighted by molar-refractivity contribution is -0.137. The second-order valence-electron chi connectivity index (χ2n) is 6.85. The topological polar surface area (TPSA) is 158 Å². The molecule has 0 aliphatic carbocycles. The van der Waals surface area contributed by atoms with Crippen molar-refractivity contribution in [3.8, 4) is 0 Å². The molecule has 0 spiro atoms. The molecule has 1 atom stereocenters. The first-order valence-corrected chi connectivity index (χ1v) is 9.55. The molecule has 0 saturated carbocycles. The van der Waals surface area contributed by atoms with Gasteiger partial charge in [0.25, 0.3) is 5.91 Å². The van der Waals surface area contributed by atoms with Crippen molar-refractivity contribution in [1.82, 2.24) is 0 Å². The normalized spacial score (nSPS) is 16.0. The lowest BCUT2D eigenvalue weighted by Gasteiger charge is -2.32. The summed E-state index contributed by atoms with van der Waals surface area (Å²) in [6.07, 6.45) is -1.06. The Morgan fingerprint density at radius 2 is 1.65 bits per heavy atom. The Morgan fingerprint density at radius 3 is 2.23 bits per heavy atom. The van der Waals surface area contributed by atoms with Crippen molar-refractivity contribution in [3.05, 3.63) is 54.1 Å². The molecule has 10 nitrogen and oxygen atoms in total. The van der Waals surface area contributed by atoms with Gasteiger partial charge in [-0.2, -0.15) is 0 Å². The van der Waals surface area contributed by atoms with Crippen LogP contribution in [-0.4, -0.2) is 54.5 Å². The van der Waals surface area contributed by atoms with Crippen LogP contribution in [0.1, 0.15) is 12.0 Å². The van der Waals surface area contributed by atoms with Crippen molar-refractivity contribution in [2.75, 3.05) is 35.3 Å². The van der Waals surface area contributed by atoms with Gasteiger partial charge in [-0.05, 0) is 48.5 Å². The first-order chi connectivity index (χ1) is 14.9. The molecule has 10 heteroatoms. The van der Waals surface area contributed by atoms with Gasteiger partial charge in [0, 0.05) is 29.2 Å². The number of aliphatic hydroxyl groups is 1. The first kappa shape index (κ1) is 21.9. The molecule has 1 aliphatic rings. The quantitative estimate of drug-likeness (QED) is 0.324. The fourth-order valence-electron chi connectivity index (χ4n) is 3.08. The Labute approximate surface area is 178 Å². The monoisotopic (exact) mass is 425 g/mol. The highest BCUT2D eigenvalue weighted by Crippen LogP contribution is 2.22. The molecule has 0 aromatic heterocycles. The van der Waals surface area contributed by atoms with Gasteiger partial charge in [-0.25, -0.2) is 0 Å². The summed E-state index contributed by atoms with van der Waals surface area (Å²) in [5.74, 6) is -1.31. The maximum absolute atomic E-state index is 12.8. The van der Waals surface area contributed by atoms with Gasteiger partial charge in [0.05, 0.1) is 13.0 Å². The van der Waals surface area contributed by atoms with Crippen LogP contribution in [0.5, 0.6) is 0 Å². The maximum Gasteiger partial charge on any atom is 0.256 e. The molecule has 1 heterocycles. The molecular formula is C21H23N5O5. The predicted octanol–water partition coefficient (Wildman–Crippen LogP) is 0.662. The van der Waals surface area contributed by atoms with E-state index in [1.807, 2.05) is 0 Å². The fraction of sp³-hybridized carbons (Fsp3) is 0.238. The highest BCUT2D eigenvalue weighted by molar-refractivity contribution is 6.02. The minimum atomic E-state index is -0.918. The zero-order valence-electron chi connectivity index (χ0n) is 16.6. The van der Waals surface area contributed by atoms with E-state index in [0.29, 0.717) is 29.2 Å². The van der Waals surface area contributed by atoms with Crippen LogP contribution in [0.4, 0.5) is 17.1 Å². The van der Waals surface area contributed by atoms with Gasteiger partial charge >= 0.3 is 0 Å². The summed E-state index contributed by atoms with van der Waals surface area (Å²) in [6, 6.07) is 13.1. The fourth-order valence-corrected chi connectivity index (χ4v) is 3.08. The van der Waals surface area contributed by atoms with Gasteiger partial charge in [0.15, 0.2) is 0 Å². The number of aliphatic hydroxyl groups excluding tert-OH is 1. The van der Waals surface area contributed by atoms with E-state index in [-0.39, 0.29) is 30.7 Å². The van der Waals surface area contributed by atoms with Gasteiger partial charge in [0.1, 0.15) is 18.5 Å². The van der Waals surface area contributed by atoms with Crippen molar-refractivity contribution >= 4 is 40.6 Å². The number of ether oxygens (including phenoxy) is 1. The summed E-state index contributed by atoms with van der Waals surface area (Å²) < 4.78 is 5.51. The van der Waals surface area contributed by atoms with Gasteiger partial charge in [-0.15, -0.1) is 0 Å². The smallest absolute Gasteiger partial charge is 0.256 e. The number of carbonyl (C=O) groups is 3. The van der Waals surface area contributed by atoms with Crippen LogP contribution in [0.2, 0.25) is 0 Å². The van der Waals surface area contributed by atoms with Crippen LogP contribution >= 0.6 is 0 Å². The number of nitrogen functional groups attached to an aromatic ring is 1. The number of anilines is 3. The zero-order chi connectivity index (χ0) is 22.4. The average molecular weight is 425 g/mol. The number of carbonyl (C=O) groups excluding carboxylic acids is 3. The summed E-state index contributed by atoms with van der Waals surface area (Å²) >= 11 is 0. The molecule has 6 N–H and O–H groups in total. The molecular weight excluding hydrogens is 402 g/mol. The Morgan fingerprint density at radius 1 is 1.06 bits per heavy atom. The number of morpholine rings is 1. The standard InChI is InChI=1S/C21H23N5O5/c22-20(23)13-1-3-14(4-2-13)24-18(28)11-17-21(30)26(9-10-31-17)16-7-5-15(6-8-16)25-19(29)12-27/h1-8,17,27H,9-12H2,(H3,22,23)(H,24,28)(H,25,29)/t17-/m1/s1. The third-order valence-corrected chi connectivity index (χ3v) is 4.63. The second-order valence-corrected chi connectivity index (χ2v) is 6.85. The van der Waals surface area contributed by atoms with Crippen LogP contribution in [0.3, 0.4) is 0 Å². The number of benzene rings is 2. The molecule has 0 radical (unpaired) electrons. The minimum absolute atomic E-state index is 0.0667. The summed E-state index contributed by atoms with van der Waals surface area (Å²) in [6.45, 7) is 0.000118. The Kier molecular flexibility index (Phi) is 6.96. The van der Waals surface area contributed by atoms with Crippen molar-refractivity contribution in [3.63, 3.8) is 0 Å². The Balaban J connectivity index is 1.60. The highest BCUT2D eigenvalue weighted by atomic mass is 16.5. The van der Waals surface area contributed by atoms with Crippen molar-refractivity contribution in [2.45, 2.75) is 12.5 Å². The van der Waals surface area contributed by atoms with Crippen LogP contribution in [0.25, 0.3) is 0 Å². The molecule has 2 aromatic carbocycles. The summed E-state index contributed by atoms with van der Waals surface area (Å²) in [5, 5.41) is 21.4. The average Bonchev–Trinajstić information content (AvgIpc) is 2.76. The molecule has 162 valence electrons. The van der Waals surface area contributed by atoms with E-state index >= 15 is 0 Å². The number of nitrogens with one attached hydrogen (secondary N) is 3. The second kappa shape index (κ2) is 9.83. The maximum atomic E-state index is 12.8. The first-order valence-electron chi connectivity index (χ1n) is 9.55. The lowest BCUT2D eigenvalue weighted by Crippen LogP contribution is -2.49. The zero-order valence-corrected chi connectivity index (χ0v) is 16.6. The van der Waals surface area contributed by atoms with Gasteiger partial charge in [-0.1, -0.05) is 0 Å². The highest BCUT2D eigenvalue weighted by Gasteiger charge is 2.32. The van der Waals surface area contributed by atoms with Gasteiger partial charge in [-0.3, -0.25) is 19.8 Å². The largest absolute Gasteiger partial charge is 0.387 e. The third-order valence-electron chi connectivity index (χ3n) is 4.63. The van der Waals surface area contributed by atoms with E-state index in [4.69, 9.17) is 21.0 Å². The number of amides is 3. The van der Waals surface area contributed by atoms with Crippen LogP contribution in [0, 0.1) is 5.41 Å². The molecule has 0 bridgehead atoms. The molecule has 1 aliphatic heterocycles. The molecule has 0 unspecified atom stereocenters. The molecule has 3 amide bonds. The summed E-state index contributed by atoms with van der Waals surface area (Å²) in [7, 11) is 0. The lowest BCUT2D eigenvalue weighted by atomic mass is 10.1. The molecule has 31 heavy (non-hydrogen) atoms. The third kappa shape index (κ3) is 5.65. The molecule has 1 fully saturated rings. The van der Waals surface area contributed by atoms with Crippen LogP contribution < -0.4 is 21.3 Å². The van der Waals surface area contributed by atoms with E-state index in [2.05, 4.69) is 10.6 Å². The van der Waals surface area contributed by atoms with Crippen LogP contribution in [0.15, 0.2) is 48.5 Å². The van der Waals surface area contributed by atoms with Crippen molar-refractivity contribution in [2.24, 2.45) is 5.73 Å². The van der Waals surface area contributed by atoms with Crippen LogP contribution in [-0.2, 0) is 19.1 Å². The SMILES string of the molecule is N=C(N)c1ccc(NC(=O)C[C@H]2OCCN(c3ccc(NC(=O)CO)cc3)C2=O)cc1.